The molecule has 0 bridgehead atoms. The van der Waals surface area contributed by atoms with Crippen molar-refractivity contribution in [2.24, 2.45) is 11.7 Å². The Morgan fingerprint density at radius 1 is 1.45 bits per heavy atom. The molecule has 0 aromatic heterocycles. The lowest BCUT2D eigenvalue weighted by atomic mass is 10.1. The van der Waals surface area contributed by atoms with Crippen molar-refractivity contribution >= 4 is 29.9 Å². The molecule has 0 saturated carbocycles. The minimum atomic E-state index is -0.559. The van der Waals surface area contributed by atoms with Crippen LogP contribution in [0.25, 0.3) is 0 Å². The van der Waals surface area contributed by atoms with Gasteiger partial charge < -0.3 is 16.0 Å². The van der Waals surface area contributed by atoms with Gasteiger partial charge in [0.15, 0.2) is 0 Å². The van der Waals surface area contributed by atoms with Gasteiger partial charge in [-0.05, 0) is 44.0 Å². The molecule has 3 N–H and O–H groups in total. The third-order valence-corrected chi connectivity index (χ3v) is 3.78. The first-order valence-corrected chi connectivity index (χ1v) is 7.00. The first-order valence-electron chi connectivity index (χ1n) is 7.00. The number of rotatable bonds is 3. The molecule has 1 fully saturated rings. The number of anilines is 1. The number of amides is 2. The molecule has 2 rings (SSSR count). The lowest BCUT2D eigenvalue weighted by Crippen LogP contribution is -2.34. The quantitative estimate of drug-likeness (QED) is 0.890. The zero-order valence-electron chi connectivity index (χ0n) is 12.6. The summed E-state index contributed by atoms with van der Waals surface area (Å²) in [6.45, 7) is 4.44. The summed E-state index contributed by atoms with van der Waals surface area (Å²) in [7, 11) is 0. The fourth-order valence-electron chi connectivity index (χ4n) is 2.71. The maximum Gasteiger partial charge on any atom is 0.254 e. The Hall–Kier alpha value is -1.66. The molecule has 1 saturated heterocycles. The van der Waals surface area contributed by atoms with Crippen molar-refractivity contribution in [2.45, 2.75) is 26.3 Å². The van der Waals surface area contributed by atoms with Crippen LogP contribution in [0.5, 0.6) is 0 Å². The molecule has 1 aromatic rings. The van der Waals surface area contributed by atoms with Gasteiger partial charge in [-0.1, -0.05) is 0 Å². The van der Waals surface area contributed by atoms with E-state index in [4.69, 9.17) is 5.73 Å². The number of hydrogen-bond donors (Lipinski definition) is 2. The van der Waals surface area contributed by atoms with Gasteiger partial charge in [-0.3, -0.25) is 9.59 Å². The summed E-state index contributed by atoms with van der Waals surface area (Å²) in [5.41, 5.74) is 6.05. The Kier molecular flexibility index (Phi) is 6.32. The standard InChI is InChI=1S/C15H20FN3O2.ClH/c1-9-5-11(7-17)8-19(9)15(21)12-3-4-13(16)14(6-12)18-10(2)20;/h3-4,6,9,11H,5,7-8,17H2,1-2H3,(H,18,20);1H. The van der Waals surface area contributed by atoms with Crippen molar-refractivity contribution in [1.29, 1.82) is 0 Å². The summed E-state index contributed by atoms with van der Waals surface area (Å²) in [4.78, 5) is 25.3. The second-order valence-corrected chi connectivity index (χ2v) is 5.52. The summed E-state index contributed by atoms with van der Waals surface area (Å²) in [6, 6.07) is 4.12. The molecule has 0 radical (unpaired) electrons. The number of halogens is 2. The molecular weight excluding hydrogens is 309 g/mol. The van der Waals surface area contributed by atoms with E-state index in [1.165, 1.54) is 25.1 Å². The monoisotopic (exact) mass is 329 g/mol. The first-order chi connectivity index (χ1) is 9.92. The average molecular weight is 330 g/mol. The molecule has 1 heterocycles. The Morgan fingerprint density at radius 3 is 2.68 bits per heavy atom. The normalized spacial score (nSPS) is 20.5. The predicted molar refractivity (Wildman–Crippen MR) is 85.6 cm³/mol. The summed E-state index contributed by atoms with van der Waals surface area (Å²) in [5.74, 6) is -0.795. The van der Waals surface area contributed by atoms with E-state index in [2.05, 4.69) is 5.32 Å². The number of carbonyl (C=O) groups excluding carboxylic acids is 2. The molecule has 0 spiro atoms. The molecule has 1 aliphatic heterocycles. The largest absolute Gasteiger partial charge is 0.336 e. The van der Waals surface area contributed by atoms with E-state index >= 15 is 0 Å². The molecular formula is C15H21ClFN3O2. The highest BCUT2D eigenvalue weighted by Crippen LogP contribution is 2.25. The van der Waals surface area contributed by atoms with E-state index in [9.17, 15) is 14.0 Å². The van der Waals surface area contributed by atoms with Crippen molar-refractivity contribution in [3.63, 3.8) is 0 Å². The van der Waals surface area contributed by atoms with Gasteiger partial charge in [-0.25, -0.2) is 4.39 Å². The van der Waals surface area contributed by atoms with Gasteiger partial charge in [0.2, 0.25) is 5.91 Å². The molecule has 1 aliphatic rings. The Morgan fingerprint density at radius 2 is 2.14 bits per heavy atom. The smallest absolute Gasteiger partial charge is 0.254 e. The van der Waals surface area contributed by atoms with E-state index in [1.807, 2.05) is 6.92 Å². The molecule has 2 unspecified atom stereocenters. The topological polar surface area (TPSA) is 75.4 Å². The highest BCUT2D eigenvalue weighted by Gasteiger charge is 2.32. The Labute approximate surface area is 135 Å². The van der Waals surface area contributed by atoms with Gasteiger partial charge >= 0.3 is 0 Å². The van der Waals surface area contributed by atoms with Crippen LogP contribution < -0.4 is 11.1 Å². The fraction of sp³-hybridized carbons (Fsp3) is 0.467. The van der Waals surface area contributed by atoms with Crippen molar-refractivity contribution in [1.82, 2.24) is 4.90 Å². The number of nitrogens with two attached hydrogens (primary N) is 1. The molecule has 5 nitrogen and oxygen atoms in total. The van der Waals surface area contributed by atoms with Crippen LogP contribution in [-0.4, -0.2) is 35.8 Å². The molecule has 0 aliphatic carbocycles. The number of nitrogens with one attached hydrogen (secondary N) is 1. The number of carbonyl (C=O) groups is 2. The van der Waals surface area contributed by atoms with Crippen LogP contribution >= 0.6 is 12.4 Å². The molecule has 22 heavy (non-hydrogen) atoms. The van der Waals surface area contributed by atoms with E-state index in [1.54, 1.807) is 4.90 Å². The van der Waals surface area contributed by atoms with Gasteiger partial charge in [0.25, 0.3) is 5.91 Å². The van der Waals surface area contributed by atoms with Crippen LogP contribution in [0.15, 0.2) is 18.2 Å². The number of benzene rings is 1. The van der Waals surface area contributed by atoms with Crippen molar-refractivity contribution in [3.8, 4) is 0 Å². The van der Waals surface area contributed by atoms with Gasteiger partial charge in [0.1, 0.15) is 5.82 Å². The second kappa shape index (κ2) is 7.56. The van der Waals surface area contributed by atoms with Crippen LogP contribution in [0.3, 0.4) is 0 Å². The maximum atomic E-state index is 13.6. The van der Waals surface area contributed by atoms with Crippen LogP contribution in [0.4, 0.5) is 10.1 Å². The lowest BCUT2D eigenvalue weighted by Gasteiger charge is -2.22. The first kappa shape index (κ1) is 18.4. The van der Waals surface area contributed by atoms with Crippen molar-refractivity contribution in [2.75, 3.05) is 18.4 Å². The second-order valence-electron chi connectivity index (χ2n) is 5.52. The van der Waals surface area contributed by atoms with Gasteiger partial charge in [0, 0.05) is 25.1 Å². The van der Waals surface area contributed by atoms with E-state index in [-0.39, 0.29) is 36.0 Å². The minimum absolute atomic E-state index is 0. The van der Waals surface area contributed by atoms with Crippen LogP contribution in [-0.2, 0) is 4.79 Å². The summed E-state index contributed by atoms with van der Waals surface area (Å²) in [5, 5.41) is 2.39. The highest BCUT2D eigenvalue weighted by molar-refractivity contribution is 5.97. The number of hydrogen-bond acceptors (Lipinski definition) is 3. The summed E-state index contributed by atoms with van der Waals surface area (Å²) >= 11 is 0. The van der Waals surface area contributed by atoms with Gasteiger partial charge in [0.05, 0.1) is 5.69 Å². The van der Waals surface area contributed by atoms with E-state index in [0.29, 0.717) is 24.6 Å². The molecule has 2 amide bonds. The zero-order chi connectivity index (χ0) is 15.6. The van der Waals surface area contributed by atoms with Crippen molar-refractivity contribution in [3.05, 3.63) is 29.6 Å². The van der Waals surface area contributed by atoms with Crippen LogP contribution in [0, 0.1) is 11.7 Å². The average Bonchev–Trinajstić information content (AvgIpc) is 2.81. The van der Waals surface area contributed by atoms with Crippen LogP contribution in [0.1, 0.15) is 30.6 Å². The molecule has 122 valence electrons. The highest BCUT2D eigenvalue weighted by atomic mass is 35.5. The number of likely N-dealkylation sites (tertiary alicyclic amines) is 1. The maximum absolute atomic E-state index is 13.6. The van der Waals surface area contributed by atoms with Crippen LogP contribution in [0.2, 0.25) is 0 Å². The molecule has 1 aromatic carbocycles. The molecule has 2 atom stereocenters. The lowest BCUT2D eigenvalue weighted by molar-refractivity contribution is -0.114. The third-order valence-electron chi connectivity index (χ3n) is 3.78. The van der Waals surface area contributed by atoms with Gasteiger partial charge in [-0.15, -0.1) is 12.4 Å². The Bertz CT molecular complexity index is 568. The van der Waals surface area contributed by atoms with Crippen molar-refractivity contribution < 1.29 is 14.0 Å². The minimum Gasteiger partial charge on any atom is -0.336 e. The van der Waals surface area contributed by atoms with E-state index in [0.717, 1.165) is 6.42 Å². The predicted octanol–water partition coefficient (Wildman–Crippen LogP) is 2.02. The molecule has 7 heteroatoms. The van der Waals surface area contributed by atoms with E-state index < -0.39 is 5.82 Å². The van der Waals surface area contributed by atoms with Gasteiger partial charge in [-0.2, -0.15) is 0 Å². The third kappa shape index (κ3) is 3.96. The fourth-order valence-corrected chi connectivity index (χ4v) is 2.71. The summed E-state index contributed by atoms with van der Waals surface area (Å²) in [6.07, 6.45) is 0.877. The number of nitrogens with zero attached hydrogens (tertiary/aromatic N) is 1. The SMILES string of the molecule is CC(=O)Nc1cc(C(=O)N2CC(CN)CC2C)ccc1F.Cl. The Balaban J connectivity index is 0.00000242. The zero-order valence-corrected chi connectivity index (χ0v) is 13.5. The summed E-state index contributed by atoms with van der Waals surface area (Å²) < 4.78 is 13.6.